The molecular weight excluding hydrogens is 797 g/mol. The van der Waals surface area contributed by atoms with E-state index in [1.165, 1.54) is 38.5 Å². The fraction of sp³-hybridized carbons (Fsp3) is 0.604. The number of rotatable bonds is 40. The monoisotopic (exact) mass is 876 g/mol. The average Bonchev–Trinajstić information content (AvgIpc) is 3.23. The second kappa shape index (κ2) is 41.7. The van der Waals surface area contributed by atoms with Crippen LogP contribution in [0.2, 0.25) is 0 Å². The molecule has 0 aromatic heterocycles. The second-order valence-corrected chi connectivity index (χ2v) is 16.1. The Morgan fingerprint density at radius 2 is 1.15 bits per heavy atom. The molecule has 2 unspecified atom stereocenters. The molecule has 61 heavy (non-hydrogen) atoms. The van der Waals surface area contributed by atoms with E-state index >= 15 is 0 Å². The van der Waals surface area contributed by atoms with E-state index in [2.05, 4.69) is 79.1 Å². The molecule has 0 amide bonds. The fourth-order valence-corrected chi connectivity index (χ4v) is 6.16. The number of carboxylic acids is 1. The minimum Gasteiger partial charge on any atom is -0.480 e. The summed E-state index contributed by atoms with van der Waals surface area (Å²) in [5.41, 5.74) is 5.32. The highest BCUT2D eigenvalue weighted by Gasteiger charge is 2.28. The Kier molecular flexibility index (Phi) is 39.2. The molecular formula is C48H78NO11P. The summed E-state index contributed by atoms with van der Waals surface area (Å²) in [6.07, 6.45) is 49.3. The normalized spacial score (nSPS) is 15.1. The zero-order valence-corrected chi connectivity index (χ0v) is 38.0. The summed E-state index contributed by atoms with van der Waals surface area (Å²) in [6, 6.07) is -1.56. The maximum atomic E-state index is 12.6. The lowest BCUT2D eigenvalue weighted by molar-refractivity contribution is -0.161. The summed E-state index contributed by atoms with van der Waals surface area (Å²) >= 11 is 0. The van der Waals surface area contributed by atoms with Gasteiger partial charge in [-0.05, 0) is 77.0 Å². The van der Waals surface area contributed by atoms with Crippen molar-refractivity contribution in [1.29, 1.82) is 0 Å². The molecule has 0 aliphatic rings. The molecule has 0 aliphatic heterocycles. The van der Waals surface area contributed by atoms with Crippen LogP contribution < -0.4 is 5.73 Å². The average molecular weight is 876 g/mol. The Morgan fingerprint density at radius 1 is 0.607 bits per heavy atom. The van der Waals surface area contributed by atoms with Crippen LogP contribution in [0.15, 0.2) is 97.2 Å². The number of unbranched alkanes of at least 4 members (excludes halogenated alkanes) is 10. The molecule has 0 aromatic rings. The van der Waals surface area contributed by atoms with E-state index in [9.17, 15) is 28.9 Å². The number of hydrogen-bond donors (Lipinski definition) is 4. The molecule has 346 valence electrons. The van der Waals surface area contributed by atoms with Crippen LogP contribution in [-0.2, 0) is 37.5 Å². The largest absolute Gasteiger partial charge is 0.480 e. The van der Waals surface area contributed by atoms with Gasteiger partial charge in [-0.2, -0.15) is 0 Å². The van der Waals surface area contributed by atoms with E-state index in [-0.39, 0.29) is 12.8 Å². The lowest BCUT2D eigenvalue weighted by Crippen LogP contribution is -2.34. The van der Waals surface area contributed by atoms with Gasteiger partial charge in [0.25, 0.3) is 0 Å². The molecule has 0 rings (SSSR count). The van der Waals surface area contributed by atoms with Gasteiger partial charge < -0.3 is 30.3 Å². The molecule has 0 spiro atoms. The zero-order chi connectivity index (χ0) is 45.1. The predicted octanol–water partition coefficient (Wildman–Crippen LogP) is 11.0. The first-order valence-electron chi connectivity index (χ1n) is 22.4. The fourth-order valence-electron chi connectivity index (χ4n) is 5.38. The van der Waals surface area contributed by atoms with Crippen molar-refractivity contribution < 1.29 is 52.6 Å². The van der Waals surface area contributed by atoms with Gasteiger partial charge in [0.1, 0.15) is 12.6 Å². The van der Waals surface area contributed by atoms with Crippen LogP contribution in [0.4, 0.5) is 0 Å². The maximum Gasteiger partial charge on any atom is 0.472 e. The van der Waals surface area contributed by atoms with Gasteiger partial charge in [0.15, 0.2) is 6.10 Å². The molecule has 5 N–H and O–H groups in total. The number of nitrogens with two attached hydrogens (primary N) is 1. The van der Waals surface area contributed by atoms with Gasteiger partial charge >= 0.3 is 25.7 Å². The van der Waals surface area contributed by atoms with Gasteiger partial charge in [0.05, 0.1) is 19.3 Å². The number of allylic oxidation sites excluding steroid dienone is 14. The van der Waals surface area contributed by atoms with Gasteiger partial charge in [0, 0.05) is 12.8 Å². The summed E-state index contributed by atoms with van der Waals surface area (Å²) in [6.45, 7) is 2.46. The van der Waals surface area contributed by atoms with Crippen molar-refractivity contribution in [1.82, 2.24) is 0 Å². The maximum absolute atomic E-state index is 12.6. The van der Waals surface area contributed by atoms with E-state index in [0.717, 1.165) is 64.2 Å². The number of ether oxygens (including phenoxy) is 2. The van der Waals surface area contributed by atoms with Crippen molar-refractivity contribution >= 4 is 25.7 Å². The molecule has 0 saturated heterocycles. The topological polar surface area (TPSA) is 192 Å². The number of aliphatic carboxylic acids is 1. The molecule has 12 nitrogen and oxygen atoms in total. The quantitative estimate of drug-likeness (QED) is 0.0150. The first-order chi connectivity index (χ1) is 29.5. The van der Waals surface area contributed by atoms with E-state index in [4.69, 9.17) is 24.8 Å². The second-order valence-electron chi connectivity index (χ2n) is 14.6. The molecule has 0 radical (unpaired) electrons. The Morgan fingerprint density at radius 3 is 1.77 bits per heavy atom. The number of carboxylic acid groups (broad SMARTS) is 1. The number of phosphoric acid groups is 1. The summed E-state index contributed by atoms with van der Waals surface area (Å²) in [5.74, 6) is -2.61. The minimum atomic E-state index is -4.77. The molecule has 4 atom stereocenters. The molecule has 0 aromatic carbocycles. The smallest absolute Gasteiger partial charge is 0.472 e. The van der Waals surface area contributed by atoms with Crippen molar-refractivity contribution in [2.45, 2.75) is 167 Å². The van der Waals surface area contributed by atoms with Crippen LogP contribution in [0.25, 0.3) is 0 Å². The first kappa shape index (κ1) is 57.4. The third-order valence-corrected chi connectivity index (χ3v) is 9.86. The van der Waals surface area contributed by atoms with Crippen molar-refractivity contribution in [2.75, 3.05) is 19.8 Å². The lowest BCUT2D eigenvalue weighted by atomic mass is 10.1. The predicted molar refractivity (Wildman–Crippen MR) is 246 cm³/mol. The van der Waals surface area contributed by atoms with Crippen LogP contribution in [0.1, 0.15) is 149 Å². The number of carbonyl (C=O) groups excluding carboxylic acids is 2. The summed E-state index contributed by atoms with van der Waals surface area (Å²) < 4.78 is 32.6. The van der Waals surface area contributed by atoms with E-state index in [1.807, 2.05) is 12.2 Å². The number of esters is 2. The van der Waals surface area contributed by atoms with Crippen LogP contribution in [0.5, 0.6) is 0 Å². The van der Waals surface area contributed by atoms with E-state index < -0.39 is 63.8 Å². The van der Waals surface area contributed by atoms with Crippen molar-refractivity contribution in [3.63, 3.8) is 0 Å². The molecule has 13 heteroatoms. The van der Waals surface area contributed by atoms with Crippen LogP contribution >= 0.6 is 7.82 Å². The highest BCUT2D eigenvalue weighted by Crippen LogP contribution is 2.43. The van der Waals surface area contributed by atoms with Crippen molar-refractivity contribution in [2.24, 2.45) is 5.73 Å². The Bertz CT molecular complexity index is 1420. The van der Waals surface area contributed by atoms with Crippen molar-refractivity contribution in [3.8, 4) is 0 Å². The van der Waals surface area contributed by atoms with Crippen LogP contribution in [0, 0.1) is 0 Å². The summed E-state index contributed by atoms with van der Waals surface area (Å²) in [4.78, 5) is 46.0. The number of aliphatic hydroxyl groups is 1. The van der Waals surface area contributed by atoms with Gasteiger partial charge in [-0.1, -0.05) is 156 Å². The molecule has 0 heterocycles. The lowest BCUT2D eigenvalue weighted by Gasteiger charge is -2.20. The van der Waals surface area contributed by atoms with Crippen LogP contribution in [-0.4, -0.2) is 71.1 Å². The van der Waals surface area contributed by atoms with Crippen LogP contribution in [0.3, 0.4) is 0 Å². The van der Waals surface area contributed by atoms with Gasteiger partial charge in [-0.25, -0.2) is 4.57 Å². The number of hydrogen-bond acceptors (Lipinski definition) is 10. The van der Waals surface area contributed by atoms with Crippen molar-refractivity contribution in [3.05, 3.63) is 97.2 Å². The number of phosphoric ester groups is 1. The molecule has 0 bridgehead atoms. The van der Waals surface area contributed by atoms with Gasteiger partial charge in [-0.15, -0.1) is 0 Å². The third kappa shape index (κ3) is 41.5. The number of aliphatic hydroxyl groups excluding tert-OH is 1. The first-order valence-corrected chi connectivity index (χ1v) is 23.9. The Hall–Kier alpha value is -3.64. The minimum absolute atomic E-state index is 0.0524. The van der Waals surface area contributed by atoms with Gasteiger partial charge in [0.2, 0.25) is 0 Å². The zero-order valence-electron chi connectivity index (χ0n) is 37.1. The summed E-state index contributed by atoms with van der Waals surface area (Å²) in [5, 5.41) is 19.1. The Balaban J connectivity index is 4.60. The van der Waals surface area contributed by atoms with E-state index in [0.29, 0.717) is 19.3 Å². The van der Waals surface area contributed by atoms with E-state index in [1.54, 1.807) is 24.3 Å². The number of carbonyl (C=O) groups is 3. The highest BCUT2D eigenvalue weighted by molar-refractivity contribution is 7.47. The highest BCUT2D eigenvalue weighted by atomic mass is 31.2. The standard InChI is InChI=1S/C48H78NO11P/c1-3-5-7-9-11-13-15-17-18-19-20-22-24-26-28-30-34-38-46(51)57-40-44(41-58-61(55,56)59-42-45(49)48(53)54)60-47(52)39-35-31-33-37-43(50)36-32-29-27-25-23-21-16-14-12-10-8-6-4-2/h6,8,11-14,17-18,21,23,27,29,31-33,36,43-45,50H,3-5,7,9-10,15-16,19-20,22,24-26,28,30,34-35,37-42,49H2,1-2H3,(H,53,54)(H,55,56)/b8-6-,13-11-,14-12-,18-17-,23-21-,29-27-,33-31-,36-32-/t43?,44-,45+/m1/s1. The van der Waals surface area contributed by atoms with Gasteiger partial charge in [-0.3, -0.25) is 23.4 Å². The third-order valence-electron chi connectivity index (χ3n) is 8.91. The Labute approximate surface area is 367 Å². The molecule has 0 fully saturated rings. The SMILES string of the molecule is CC/C=C\C/C=C\C/C=C\C/C=C\C=C/C(O)C/C=C\CCC(=O)O[C@H](COC(=O)CCCCCCCCC/C=C\C/C=C\CCCCC)COP(=O)(O)OC[C@H](N)C(=O)O. The molecule has 0 aliphatic carbocycles. The molecule has 0 saturated carbocycles. The summed E-state index contributed by atoms with van der Waals surface area (Å²) in [7, 11) is -4.77.